The largest absolute Gasteiger partial charge is 0.507 e. The Bertz CT molecular complexity index is 419. The lowest BCUT2D eigenvalue weighted by Gasteiger charge is -2.19. The van der Waals surface area contributed by atoms with Crippen LogP contribution >= 0.6 is 0 Å². The first kappa shape index (κ1) is 12.6. The van der Waals surface area contributed by atoms with Crippen molar-refractivity contribution in [2.75, 3.05) is 14.1 Å². The first-order valence-corrected chi connectivity index (χ1v) is 5.30. The van der Waals surface area contributed by atoms with E-state index in [1.54, 1.807) is 19.0 Å². The minimum Gasteiger partial charge on any atom is -0.507 e. The molecule has 0 radical (unpaired) electrons. The lowest BCUT2D eigenvalue weighted by atomic mass is 9.92. The fourth-order valence-electron chi connectivity index (χ4n) is 1.84. The molecule has 0 heterocycles. The van der Waals surface area contributed by atoms with E-state index in [0.29, 0.717) is 11.3 Å². The first-order chi connectivity index (χ1) is 7.29. The number of aromatic hydroxyl groups is 1. The number of amides is 1. The molecule has 0 saturated carbocycles. The van der Waals surface area contributed by atoms with Gasteiger partial charge in [0, 0.05) is 19.7 Å². The minimum atomic E-state index is -0.0128. The molecule has 1 aromatic carbocycles. The third-order valence-corrected chi connectivity index (χ3v) is 3.21. The van der Waals surface area contributed by atoms with E-state index in [9.17, 15) is 9.90 Å². The quantitative estimate of drug-likeness (QED) is 0.790. The van der Waals surface area contributed by atoms with E-state index in [1.807, 2.05) is 27.7 Å². The third-order valence-electron chi connectivity index (χ3n) is 3.21. The number of hydrogen-bond donors (Lipinski definition) is 1. The zero-order chi connectivity index (χ0) is 12.6. The van der Waals surface area contributed by atoms with Crippen LogP contribution in [0.3, 0.4) is 0 Å². The summed E-state index contributed by atoms with van der Waals surface area (Å²) in [6, 6.07) is 0. The maximum Gasteiger partial charge on any atom is 0.253 e. The van der Waals surface area contributed by atoms with Gasteiger partial charge in [0.2, 0.25) is 0 Å². The van der Waals surface area contributed by atoms with Crippen LogP contribution < -0.4 is 0 Å². The molecule has 0 saturated heterocycles. The van der Waals surface area contributed by atoms with Gasteiger partial charge in [-0.15, -0.1) is 0 Å². The molecule has 0 aliphatic carbocycles. The Morgan fingerprint density at radius 2 is 1.31 bits per heavy atom. The number of carbonyl (C=O) groups is 1. The van der Waals surface area contributed by atoms with E-state index in [4.69, 9.17) is 0 Å². The number of benzene rings is 1. The molecule has 3 nitrogen and oxygen atoms in total. The molecule has 88 valence electrons. The summed E-state index contributed by atoms with van der Waals surface area (Å²) in [5.41, 5.74) is 4.00. The van der Waals surface area contributed by atoms with E-state index < -0.39 is 0 Å². The number of carbonyl (C=O) groups excluding carboxylic acids is 1. The van der Waals surface area contributed by atoms with Gasteiger partial charge in [-0.1, -0.05) is 0 Å². The topological polar surface area (TPSA) is 40.5 Å². The van der Waals surface area contributed by atoms with Crippen LogP contribution in [0, 0.1) is 27.7 Å². The molecule has 3 heteroatoms. The third kappa shape index (κ3) is 1.77. The van der Waals surface area contributed by atoms with Crippen molar-refractivity contribution in [2.45, 2.75) is 27.7 Å². The maximum absolute atomic E-state index is 12.0. The van der Waals surface area contributed by atoms with E-state index in [0.717, 1.165) is 22.3 Å². The molecule has 0 bridgehead atoms. The molecule has 0 aliphatic rings. The highest BCUT2D eigenvalue weighted by atomic mass is 16.3. The van der Waals surface area contributed by atoms with Crippen molar-refractivity contribution >= 4 is 5.91 Å². The van der Waals surface area contributed by atoms with Crippen molar-refractivity contribution in [1.82, 2.24) is 4.90 Å². The number of phenols is 1. The second-order valence-corrected chi connectivity index (χ2v) is 4.42. The summed E-state index contributed by atoms with van der Waals surface area (Å²) < 4.78 is 0. The van der Waals surface area contributed by atoms with Gasteiger partial charge in [-0.05, 0) is 49.9 Å². The van der Waals surface area contributed by atoms with Gasteiger partial charge in [-0.25, -0.2) is 0 Å². The zero-order valence-electron chi connectivity index (χ0n) is 10.8. The van der Waals surface area contributed by atoms with Crippen LogP contribution in [0.4, 0.5) is 0 Å². The van der Waals surface area contributed by atoms with Gasteiger partial charge >= 0.3 is 0 Å². The zero-order valence-corrected chi connectivity index (χ0v) is 10.8. The number of nitrogens with zero attached hydrogens (tertiary/aromatic N) is 1. The van der Waals surface area contributed by atoms with Crippen LogP contribution in [0.25, 0.3) is 0 Å². The summed E-state index contributed by atoms with van der Waals surface area (Å²) >= 11 is 0. The van der Waals surface area contributed by atoms with Gasteiger partial charge in [-0.2, -0.15) is 0 Å². The lowest BCUT2D eigenvalue weighted by Crippen LogP contribution is -2.24. The number of hydrogen-bond acceptors (Lipinski definition) is 2. The number of phenolic OH excluding ortho intramolecular Hbond substituents is 1. The van der Waals surface area contributed by atoms with Gasteiger partial charge in [-0.3, -0.25) is 4.79 Å². The standard InChI is InChI=1S/C13H19NO2/c1-7-9(3)12(15)10(4)8(2)11(7)13(16)14(5)6/h15H,1-6H3. The van der Waals surface area contributed by atoms with Crippen molar-refractivity contribution in [3.8, 4) is 5.75 Å². The van der Waals surface area contributed by atoms with E-state index in [1.165, 1.54) is 0 Å². The molecular weight excluding hydrogens is 202 g/mol. The average molecular weight is 221 g/mol. The Morgan fingerprint density at radius 3 is 1.62 bits per heavy atom. The van der Waals surface area contributed by atoms with Crippen LogP contribution in [-0.2, 0) is 0 Å². The summed E-state index contributed by atoms with van der Waals surface area (Å²) in [7, 11) is 3.47. The second kappa shape index (κ2) is 4.16. The van der Waals surface area contributed by atoms with Gasteiger partial charge in [0.15, 0.2) is 0 Å². The fraction of sp³-hybridized carbons (Fsp3) is 0.462. The van der Waals surface area contributed by atoms with E-state index in [-0.39, 0.29) is 5.91 Å². The summed E-state index contributed by atoms with van der Waals surface area (Å²) in [5, 5.41) is 9.89. The summed E-state index contributed by atoms with van der Waals surface area (Å²) in [4.78, 5) is 13.6. The van der Waals surface area contributed by atoms with Crippen molar-refractivity contribution in [1.29, 1.82) is 0 Å². The highest BCUT2D eigenvalue weighted by Gasteiger charge is 2.20. The normalized spacial score (nSPS) is 10.4. The van der Waals surface area contributed by atoms with E-state index >= 15 is 0 Å². The SMILES string of the molecule is Cc1c(C)c(C(=O)N(C)C)c(C)c(C)c1O. The molecule has 0 aliphatic heterocycles. The Hall–Kier alpha value is -1.51. The molecule has 1 aromatic rings. The summed E-state index contributed by atoms with van der Waals surface area (Å²) in [5.74, 6) is 0.284. The predicted octanol–water partition coefficient (Wildman–Crippen LogP) is 2.33. The van der Waals surface area contributed by atoms with Crippen molar-refractivity contribution in [3.63, 3.8) is 0 Å². The van der Waals surface area contributed by atoms with E-state index in [2.05, 4.69) is 0 Å². The van der Waals surface area contributed by atoms with Crippen LogP contribution in [0.15, 0.2) is 0 Å². The van der Waals surface area contributed by atoms with Gasteiger partial charge in [0.25, 0.3) is 5.91 Å². The first-order valence-electron chi connectivity index (χ1n) is 5.30. The molecule has 1 N–H and O–H groups in total. The fourth-order valence-corrected chi connectivity index (χ4v) is 1.84. The highest BCUT2D eigenvalue weighted by Crippen LogP contribution is 2.31. The average Bonchev–Trinajstić information content (AvgIpc) is 2.23. The maximum atomic E-state index is 12.0. The number of rotatable bonds is 1. The summed E-state index contributed by atoms with van der Waals surface area (Å²) in [6.45, 7) is 7.42. The van der Waals surface area contributed by atoms with Crippen LogP contribution in [0.5, 0.6) is 5.75 Å². The predicted molar refractivity (Wildman–Crippen MR) is 65.1 cm³/mol. The second-order valence-electron chi connectivity index (χ2n) is 4.42. The van der Waals surface area contributed by atoms with Crippen molar-refractivity contribution in [2.24, 2.45) is 0 Å². The highest BCUT2D eigenvalue weighted by molar-refractivity contribution is 5.97. The lowest BCUT2D eigenvalue weighted by molar-refractivity contribution is 0.0826. The van der Waals surface area contributed by atoms with Crippen LogP contribution in [-0.4, -0.2) is 30.0 Å². The molecule has 1 rings (SSSR count). The Morgan fingerprint density at radius 1 is 0.938 bits per heavy atom. The molecule has 1 amide bonds. The van der Waals surface area contributed by atoms with Gasteiger partial charge in [0.05, 0.1) is 0 Å². The molecule has 0 atom stereocenters. The minimum absolute atomic E-state index is 0.0128. The molecular formula is C13H19NO2. The Balaban J connectivity index is 3.58. The molecule has 0 fully saturated rings. The van der Waals surface area contributed by atoms with Crippen LogP contribution in [0.1, 0.15) is 32.6 Å². The molecule has 0 aromatic heterocycles. The Kier molecular flexibility index (Phi) is 3.27. The molecule has 0 spiro atoms. The van der Waals surface area contributed by atoms with Crippen molar-refractivity contribution in [3.05, 3.63) is 27.8 Å². The van der Waals surface area contributed by atoms with Crippen LogP contribution in [0.2, 0.25) is 0 Å². The molecule has 16 heavy (non-hydrogen) atoms. The smallest absolute Gasteiger partial charge is 0.253 e. The Labute approximate surface area is 96.7 Å². The van der Waals surface area contributed by atoms with Gasteiger partial charge in [0.1, 0.15) is 5.75 Å². The van der Waals surface area contributed by atoms with Gasteiger partial charge < -0.3 is 10.0 Å². The monoisotopic (exact) mass is 221 g/mol. The summed E-state index contributed by atoms with van der Waals surface area (Å²) in [6.07, 6.45) is 0. The molecule has 0 unspecified atom stereocenters. The van der Waals surface area contributed by atoms with Crippen molar-refractivity contribution < 1.29 is 9.90 Å².